The van der Waals surface area contributed by atoms with Crippen LogP contribution in [0, 0.1) is 52.3 Å². The molecule has 0 saturated heterocycles. The largest absolute Gasteiger partial charge is 0.478 e. The average Bonchev–Trinajstić information content (AvgIpc) is 3.21. The normalized spacial score (nSPS) is 40.6. The first-order valence-corrected chi connectivity index (χ1v) is 15.1. The van der Waals surface area contributed by atoms with Gasteiger partial charge in [-0.15, -0.1) is 0 Å². The van der Waals surface area contributed by atoms with Crippen LogP contribution in [0.4, 0.5) is 0 Å². The van der Waals surface area contributed by atoms with Gasteiger partial charge in [-0.05, 0) is 110 Å². The summed E-state index contributed by atoms with van der Waals surface area (Å²) in [6, 6.07) is 1.42. The number of pyridine rings is 1. The van der Waals surface area contributed by atoms with Crippen molar-refractivity contribution in [2.45, 2.75) is 98.3 Å². The minimum atomic E-state index is -1.03. The smallest absolute Gasteiger partial charge is 0.337 e. The zero-order chi connectivity index (χ0) is 25.7. The Morgan fingerprint density at radius 1 is 1.14 bits per heavy atom. The van der Waals surface area contributed by atoms with Gasteiger partial charge in [0.2, 0.25) is 5.88 Å². The van der Waals surface area contributed by atoms with Gasteiger partial charge in [-0.1, -0.05) is 58.6 Å². The Labute approximate surface area is 222 Å². The van der Waals surface area contributed by atoms with Gasteiger partial charge in [-0.25, -0.2) is 9.78 Å². The van der Waals surface area contributed by atoms with Gasteiger partial charge in [-0.3, -0.25) is 0 Å². The Morgan fingerprint density at radius 3 is 2.64 bits per heavy atom. The molecule has 9 atom stereocenters. The first kappa shape index (κ1) is 26.3. The lowest BCUT2D eigenvalue weighted by Gasteiger charge is -2.63. The maximum atomic E-state index is 11.1. The number of fused-ring (bicyclic) bond motifs is 5. The zero-order valence-electron chi connectivity index (χ0n) is 22.8. The van der Waals surface area contributed by atoms with Crippen molar-refractivity contribution in [2.75, 3.05) is 6.61 Å². The van der Waals surface area contributed by atoms with Crippen molar-refractivity contribution >= 4 is 17.6 Å². The molecule has 5 heteroatoms. The van der Waals surface area contributed by atoms with Gasteiger partial charge >= 0.3 is 5.97 Å². The molecule has 0 radical (unpaired) electrons. The molecule has 0 aliphatic heterocycles. The average molecular weight is 516 g/mol. The number of carbonyl (C=O) groups is 1. The van der Waals surface area contributed by atoms with E-state index in [9.17, 15) is 4.79 Å². The van der Waals surface area contributed by atoms with Crippen molar-refractivity contribution in [3.63, 3.8) is 0 Å². The molecule has 1 N–H and O–H groups in total. The minimum Gasteiger partial charge on any atom is -0.478 e. The molecule has 0 bridgehead atoms. The summed E-state index contributed by atoms with van der Waals surface area (Å²) in [5.41, 5.74) is 1.13. The lowest BCUT2D eigenvalue weighted by molar-refractivity contribution is -0.138. The maximum absolute atomic E-state index is 11.1. The molecule has 4 saturated carbocycles. The molecule has 0 aromatic carbocycles. The highest BCUT2D eigenvalue weighted by Gasteiger charge is 2.61. The van der Waals surface area contributed by atoms with Gasteiger partial charge in [0.15, 0.2) is 0 Å². The van der Waals surface area contributed by atoms with Crippen molar-refractivity contribution in [3.05, 3.63) is 22.8 Å². The maximum Gasteiger partial charge on any atom is 0.337 e. The summed E-state index contributed by atoms with van der Waals surface area (Å²) in [6.07, 6.45) is 16.6. The first-order chi connectivity index (χ1) is 17.2. The van der Waals surface area contributed by atoms with Crippen LogP contribution >= 0.6 is 11.6 Å². The number of hydrogen-bond donors (Lipinski definition) is 1. The Hall–Kier alpha value is -1.29. The van der Waals surface area contributed by atoms with Gasteiger partial charge in [0.1, 0.15) is 5.02 Å². The third-order valence-electron chi connectivity index (χ3n) is 11.9. The van der Waals surface area contributed by atoms with E-state index >= 15 is 0 Å². The highest BCUT2D eigenvalue weighted by molar-refractivity contribution is 6.32. The van der Waals surface area contributed by atoms with Crippen LogP contribution in [0.25, 0.3) is 0 Å². The van der Waals surface area contributed by atoms with Crippen molar-refractivity contribution in [1.82, 2.24) is 4.98 Å². The third kappa shape index (κ3) is 4.37. The number of aromatic carboxylic acids is 1. The fraction of sp³-hybridized carbons (Fsp3) is 0.806. The lowest BCUT2D eigenvalue weighted by atomic mass is 9.42. The molecule has 0 amide bonds. The molecule has 5 rings (SSSR count). The van der Waals surface area contributed by atoms with Crippen LogP contribution in [-0.4, -0.2) is 22.7 Å². The second-order valence-corrected chi connectivity index (χ2v) is 13.7. The predicted octanol–water partition coefficient (Wildman–Crippen LogP) is 8.52. The molecule has 4 nitrogen and oxygen atoms in total. The van der Waals surface area contributed by atoms with Crippen LogP contribution in [0.5, 0.6) is 5.88 Å². The number of halogens is 1. The quantitative estimate of drug-likeness (QED) is 0.395. The SMILES string of the molecule is CC[C@H]1CC2C3CCC([C@H](C)CCOc4ncc(C(=O)O)cc4Cl)C3(C)CC[C@@H]2[C@@]2(C)CCCC[C@@H]12. The monoisotopic (exact) mass is 515 g/mol. The molecule has 0 spiro atoms. The van der Waals surface area contributed by atoms with E-state index in [1.54, 1.807) is 0 Å². The van der Waals surface area contributed by atoms with Crippen molar-refractivity contribution in [2.24, 2.45) is 52.3 Å². The van der Waals surface area contributed by atoms with Gasteiger partial charge in [0, 0.05) is 6.20 Å². The molecule has 4 unspecified atom stereocenters. The molecule has 4 fully saturated rings. The fourth-order valence-electron chi connectivity index (χ4n) is 10.2. The summed E-state index contributed by atoms with van der Waals surface area (Å²) in [5, 5.41) is 9.39. The Bertz CT molecular complexity index is 967. The number of nitrogens with zero attached hydrogens (tertiary/aromatic N) is 1. The standard InChI is InChI=1S/C31H46ClNO3/c1-5-20-16-22-25-10-9-23(19(2)12-15-36-28-27(32)17-21(18-33-28)29(34)35)31(25,4)14-11-26(22)30(3)13-7-6-8-24(20)30/h17-20,22-26H,5-16H2,1-4H3,(H,34,35)/t19-,20+,22?,23?,24+,25?,26+,30+,31?/m1/s1. The molecule has 4 aliphatic carbocycles. The molecule has 36 heavy (non-hydrogen) atoms. The summed E-state index contributed by atoms with van der Waals surface area (Å²) in [6.45, 7) is 10.8. The van der Waals surface area contributed by atoms with Gasteiger partial charge in [-0.2, -0.15) is 0 Å². The van der Waals surface area contributed by atoms with Crippen LogP contribution in [-0.2, 0) is 0 Å². The molecule has 1 aromatic heterocycles. The first-order valence-electron chi connectivity index (χ1n) is 14.7. The molecule has 1 heterocycles. The fourth-order valence-corrected chi connectivity index (χ4v) is 10.4. The van der Waals surface area contributed by atoms with E-state index in [0.29, 0.717) is 29.2 Å². The number of hydrogen-bond acceptors (Lipinski definition) is 3. The highest BCUT2D eigenvalue weighted by Crippen LogP contribution is 2.69. The predicted molar refractivity (Wildman–Crippen MR) is 144 cm³/mol. The lowest BCUT2D eigenvalue weighted by Crippen LogP contribution is -2.55. The Morgan fingerprint density at radius 2 is 1.92 bits per heavy atom. The van der Waals surface area contributed by atoms with E-state index in [1.165, 1.54) is 76.5 Å². The second kappa shape index (κ2) is 10.1. The van der Waals surface area contributed by atoms with Crippen molar-refractivity contribution in [1.29, 1.82) is 0 Å². The molecular weight excluding hydrogens is 470 g/mol. The Balaban J connectivity index is 1.25. The summed E-state index contributed by atoms with van der Waals surface area (Å²) in [4.78, 5) is 15.3. The van der Waals surface area contributed by atoms with E-state index in [2.05, 4.69) is 32.7 Å². The number of aromatic nitrogens is 1. The van der Waals surface area contributed by atoms with Crippen LogP contribution < -0.4 is 4.74 Å². The molecule has 4 aliphatic rings. The van der Waals surface area contributed by atoms with Crippen LogP contribution in [0.1, 0.15) is 109 Å². The summed E-state index contributed by atoms with van der Waals surface area (Å²) in [5.74, 6) is 5.33. The number of carboxylic acids is 1. The third-order valence-corrected chi connectivity index (χ3v) is 12.2. The second-order valence-electron chi connectivity index (χ2n) is 13.3. The van der Waals surface area contributed by atoms with Gasteiger partial charge < -0.3 is 9.84 Å². The van der Waals surface area contributed by atoms with Crippen LogP contribution in [0.3, 0.4) is 0 Å². The van der Waals surface area contributed by atoms with E-state index in [0.717, 1.165) is 41.9 Å². The number of carboxylic acid groups (broad SMARTS) is 1. The van der Waals surface area contributed by atoms with E-state index in [-0.39, 0.29) is 10.6 Å². The molecule has 200 valence electrons. The highest BCUT2D eigenvalue weighted by atomic mass is 35.5. The minimum absolute atomic E-state index is 0.0858. The van der Waals surface area contributed by atoms with E-state index in [4.69, 9.17) is 21.4 Å². The van der Waals surface area contributed by atoms with Gasteiger partial charge in [0.05, 0.1) is 12.2 Å². The van der Waals surface area contributed by atoms with E-state index in [1.807, 2.05) is 0 Å². The Kier molecular flexibility index (Phi) is 7.40. The summed E-state index contributed by atoms with van der Waals surface area (Å²) >= 11 is 6.23. The number of rotatable bonds is 7. The summed E-state index contributed by atoms with van der Waals surface area (Å²) < 4.78 is 5.92. The van der Waals surface area contributed by atoms with Crippen LogP contribution in [0.2, 0.25) is 5.02 Å². The van der Waals surface area contributed by atoms with Crippen molar-refractivity contribution < 1.29 is 14.6 Å². The molecular formula is C31H46ClNO3. The molecule has 1 aromatic rings. The number of ether oxygens (including phenoxy) is 1. The zero-order valence-corrected chi connectivity index (χ0v) is 23.5. The summed E-state index contributed by atoms with van der Waals surface area (Å²) in [7, 11) is 0. The topological polar surface area (TPSA) is 59.4 Å². The van der Waals surface area contributed by atoms with Crippen LogP contribution in [0.15, 0.2) is 12.3 Å². The van der Waals surface area contributed by atoms with Crippen molar-refractivity contribution in [3.8, 4) is 5.88 Å². The van der Waals surface area contributed by atoms with Gasteiger partial charge in [0.25, 0.3) is 0 Å². The van der Waals surface area contributed by atoms with E-state index < -0.39 is 5.97 Å².